The first kappa shape index (κ1) is 18.6. The van der Waals surface area contributed by atoms with Crippen LogP contribution in [0.2, 0.25) is 0 Å². The van der Waals surface area contributed by atoms with Crippen LogP contribution >= 0.6 is 0 Å². The molecule has 0 spiro atoms. The summed E-state index contributed by atoms with van der Waals surface area (Å²) in [5.41, 5.74) is 0.126. The minimum atomic E-state index is -4.44. The molecule has 24 heavy (non-hydrogen) atoms. The van der Waals surface area contributed by atoms with Crippen LogP contribution in [0.25, 0.3) is 0 Å². The SMILES string of the molecule is CCN1CCCCC1CNC(=O)c1ccccc1OCC(F)(F)F. The fourth-order valence-corrected chi connectivity index (χ4v) is 2.95. The predicted octanol–water partition coefficient (Wildman–Crippen LogP) is 3.23. The van der Waals surface area contributed by atoms with Gasteiger partial charge in [-0.3, -0.25) is 9.69 Å². The van der Waals surface area contributed by atoms with Crippen LogP contribution in [-0.2, 0) is 0 Å². The molecule has 1 heterocycles. The Kier molecular flexibility index (Phi) is 6.48. The van der Waals surface area contributed by atoms with Crippen molar-refractivity contribution in [2.75, 3.05) is 26.2 Å². The number of halogens is 3. The maximum atomic E-state index is 12.3. The summed E-state index contributed by atoms with van der Waals surface area (Å²) in [6, 6.07) is 6.27. The molecule has 1 aromatic rings. The van der Waals surface area contributed by atoms with Crippen LogP contribution < -0.4 is 10.1 Å². The molecule has 7 heteroatoms. The minimum Gasteiger partial charge on any atom is -0.483 e. The molecule has 0 radical (unpaired) electrons. The van der Waals surface area contributed by atoms with Gasteiger partial charge in [-0.05, 0) is 38.1 Å². The van der Waals surface area contributed by atoms with E-state index in [9.17, 15) is 18.0 Å². The number of likely N-dealkylation sites (tertiary alicyclic amines) is 1. The summed E-state index contributed by atoms with van der Waals surface area (Å²) >= 11 is 0. The number of rotatable bonds is 6. The van der Waals surface area contributed by atoms with Gasteiger partial charge < -0.3 is 10.1 Å². The quantitative estimate of drug-likeness (QED) is 0.861. The second kappa shape index (κ2) is 8.37. The number of nitrogens with zero attached hydrogens (tertiary/aromatic N) is 1. The first-order valence-corrected chi connectivity index (χ1v) is 8.21. The molecule has 1 amide bonds. The molecule has 1 unspecified atom stereocenters. The molecular weight excluding hydrogens is 321 g/mol. The summed E-state index contributed by atoms with van der Waals surface area (Å²) in [7, 11) is 0. The van der Waals surface area contributed by atoms with Crippen molar-refractivity contribution in [2.45, 2.75) is 38.4 Å². The number of amides is 1. The lowest BCUT2D eigenvalue weighted by Gasteiger charge is -2.34. The van der Waals surface area contributed by atoms with Gasteiger partial charge in [0.25, 0.3) is 5.91 Å². The molecule has 2 rings (SSSR count). The highest BCUT2D eigenvalue weighted by atomic mass is 19.4. The fourth-order valence-electron chi connectivity index (χ4n) is 2.95. The van der Waals surface area contributed by atoms with Gasteiger partial charge >= 0.3 is 6.18 Å². The molecule has 4 nitrogen and oxygen atoms in total. The highest BCUT2D eigenvalue weighted by molar-refractivity contribution is 5.96. The number of carbonyl (C=O) groups excluding carboxylic acids is 1. The summed E-state index contributed by atoms with van der Waals surface area (Å²) in [4.78, 5) is 14.7. The van der Waals surface area contributed by atoms with E-state index in [1.165, 1.54) is 12.1 Å². The zero-order valence-electron chi connectivity index (χ0n) is 13.7. The summed E-state index contributed by atoms with van der Waals surface area (Å²) in [5, 5.41) is 2.83. The first-order valence-electron chi connectivity index (χ1n) is 8.21. The second-order valence-corrected chi connectivity index (χ2v) is 5.89. The topological polar surface area (TPSA) is 41.6 Å². The Balaban J connectivity index is 1.96. The average molecular weight is 344 g/mol. The number of hydrogen-bond acceptors (Lipinski definition) is 3. The van der Waals surface area contributed by atoms with E-state index in [0.717, 1.165) is 32.4 Å². The molecule has 0 aromatic heterocycles. The predicted molar refractivity (Wildman–Crippen MR) is 85.2 cm³/mol. The summed E-state index contributed by atoms with van der Waals surface area (Å²) in [6.45, 7) is 3.10. The van der Waals surface area contributed by atoms with Crippen LogP contribution in [0.4, 0.5) is 13.2 Å². The van der Waals surface area contributed by atoms with Crippen LogP contribution in [-0.4, -0.2) is 49.3 Å². The van der Waals surface area contributed by atoms with Crippen molar-refractivity contribution in [1.29, 1.82) is 0 Å². The Morgan fingerprint density at radius 3 is 2.79 bits per heavy atom. The first-order chi connectivity index (χ1) is 11.4. The third-order valence-electron chi connectivity index (χ3n) is 4.18. The van der Waals surface area contributed by atoms with E-state index < -0.39 is 18.7 Å². The van der Waals surface area contributed by atoms with Crippen molar-refractivity contribution in [1.82, 2.24) is 10.2 Å². The van der Waals surface area contributed by atoms with Gasteiger partial charge in [-0.15, -0.1) is 0 Å². The number of benzene rings is 1. The van der Waals surface area contributed by atoms with E-state index in [0.29, 0.717) is 6.54 Å². The van der Waals surface area contributed by atoms with E-state index >= 15 is 0 Å². The number of para-hydroxylation sites is 1. The molecule has 0 aliphatic carbocycles. The van der Waals surface area contributed by atoms with Gasteiger partial charge in [-0.25, -0.2) is 0 Å². The highest BCUT2D eigenvalue weighted by Crippen LogP contribution is 2.22. The highest BCUT2D eigenvalue weighted by Gasteiger charge is 2.29. The largest absolute Gasteiger partial charge is 0.483 e. The smallest absolute Gasteiger partial charge is 0.422 e. The van der Waals surface area contributed by atoms with Gasteiger partial charge in [0, 0.05) is 12.6 Å². The van der Waals surface area contributed by atoms with Crippen molar-refractivity contribution >= 4 is 5.91 Å². The normalized spacial score (nSPS) is 19.1. The van der Waals surface area contributed by atoms with Gasteiger partial charge in [0.1, 0.15) is 5.75 Å². The fraction of sp³-hybridized carbons (Fsp3) is 0.588. The Morgan fingerprint density at radius 1 is 1.33 bits per heavy atom. The maximum absolute atomic E-state index is 12.3. The molecule has 1 aromatic carbocycles. The van der Waals surface area contributed by atoms with Crippen LogP contribution in [0.15, 0.2) is 24.3 Å². The number of piperidine rings is 1. The van der Waals surface area contributed by atoms with E-state index in [-0.39, 0.29) is 17.4 Å². The average Bonchev–Trinajstić information content (AvgIpc) is 2.57. The zero-order valence-corrected chi connectivity index (χ0v) is 13.7. The Morgan fingerprint density at radius 2 is 2.08 bits per heavy atom. The van der Waals surface area contributed by atoms with Crippen LogP contribution in [0, 0.1) is 0 Å². The van der Waals surface area contributed by atoms with Crippen molar-refractivity contribution in [3.63, 3.8) is 0 Å². The van der Waals surface area contributed by atoms with E-state index in [1.807, 2.05) is 0 Å². The van der Waals surface area contributed by atoms with Crippen LogP contribution in [0.1, 0.15) is 36.5 Å². The molecule has 1 atom stereocenters. The summed E-state index contributed by atoms with van der Waals surface area (Å²) in [6.07, 6.45) is -1.14. The Labute approximate surface area is 140 Å². The molecular formula is C17H23F3N2O2. The number of nitrogens with one attached hydrogen (secondary N) is 1. The third kappa shape index (κ3) is 5.40. The number of carbonyl (C=O) groups is 1. The lowest BCUT2D eigenvalue weighted by Crippen LogP contribution is -2.46. The zero-order chi connectivity index (χ0) is 17.6. The number of ether oxygens (including phenoxy) is 1. The van der Waals surface area contributed by atoms with Gasteiger partial charge in [0.05, 0.1) is 5.56 Å². The molecule has 1 saturated heterocycles. The van der Waals surface area contributed by atoms with Gasteiger partial charge in [-0.2, -0.15) is 13.2 Å². The van der Waals surface area contributed by atoms with Crippen molar-refractivity contribution in [2.24, 2.45) is 0 Å². The lowest BCUT2D eigenvalue weighted by molar-refractivity contribution is -0.153. The van der Waals surface area contributed by atoms with Gasteiger partial charge in [0.2, 0.25) is 0 Å². The summed E-state index contributed by atoms with van der Waals surface area (Å²) < 4.78 is 41.7. The molecule has 134 valence electrons. The number of likely N-dealkylation sites (N-methyl/N-ethyl adjacent to an activating group) is 1. The van der Waals surface area contributed by atoms with Crippen molar-refractivity contribution in [3.8, 4) is 5.75 Å². The molecule has 0 saturated carbocycles. The number of alkyl halides is 3. The van der Waals surface area contributed by atoms with E-state index in [4.69, 9.17) is 4.74 Å². The van der Waals surface area contributed by atoms with Gasteiger partial charge in [0.15, 0.2) is 6.61 Å². The minimum absolute atomic E-state index is 0.0525. The van der Waals surface area contributed by atoms with Gasteiger partial charge in [-0.1, -0.05) is 25.5 Å². The third-order valence-corrected chi connectivity index (χ3v) is 4.18. The number of hydrogen-bond donors (Lipinski definition) is 1. The van der Waals surface area contributed by atoms with Crippen LogP contribution in [0.3, 0.4) is 0 Å². The van der Waals surface area contributed by atoms with E-state index in [1.54, 1.807) is 12.1 Å². The molecule has 0 bridgehead atoms. The lowest BCUT2D eigenvalue weighted by atomic mass is 10.0. The van der Waals surface area contributed by atoms with Crippen molar-refractivity contribution in [3.05, 3.63) is 29.8 Å². The standard InChI is InChI=1S/C17H23F3N2O2/c1-2-22-10-6-5-7-13(22)11-21-16(23)14-8-3-4-9-15(14)24-12-17(18,19)20/h3-4,8-9,13H,2,5-7,10-12H2,1H3,(H,21,23). The second-order valence-electron chi connectivity index (χ2n) is 5.89. The molecule has 1 N–H and O–H groups in total. The van der Waals surface area contributed by atoms with Crippen LogP contribution in [0.5, 0.6) is 5.75 Å². The van der Waals surface area contributed by atoms with E-state index in [2.05, 4.69) is 17.1 Å². The molecule has 1 aliphatic rings. The maximum Gasteiger partial charge on any atom is 0.422 e. The van der Waals surface area contributed by atoms with Crippen molar-refractivity contribution < 1.29 is 22.7 Å². The Hall–Kier alpha value is -1.76. The molecule has 1 aliphatic heterocycles. The monoisotopic (exact) mass is 344 g/mol. The summed E-state index contributed by atoms with van der Waals surface area (Å²) in [5.74, 6) is -0.460. The molecule has 1 fully saturated rings. The Bertz CT molecular complexity index is 549.